The summed E-state index contributed by atoms with van der Waals surface area (Å²) < 4.78 is 6.34. The number of nitrogens with zero attached hydrogens (tertiary/aromatic N) is 4. The Morgan fingerprint density at radius 2 is 0.847 bits per heavy atom. The van der Waals surface area contributed by atoms with Crippen molar-refractivity contribution < 1.29 is 9.76 Å². The predicted octanol–water partition coefficient (Wildman–Crippen LogP) is 11.7. The molecular weight excluding hydrogens is 723 g/mol. The molecule has 3 aromatic carbocycles. The first kappa shape index (κ1) is 41.4. The van der Waals surface area contributed by atoms with Crippen molar-refractivity contribution in [3.8, 4) is 67.3 Å². The Kier molecular flexibility index (Phi) is 11.3. The molecule has 7 rings (SSSR count). The van der Waals surface area contributed by atoms with Gasteiger partial charge in [-0.15, -0.1) is 0 Å². The zero-order chi connectivity index (χ0) is 42.2. The summed E-state index contributed by atoms with van der Waals surface area (Å²) in [6.45, 7) is 20.6. The molecule has 59 heavy (non-hydrogen) atoms. The van der Waals surface area contributed by atoms with E-state index in [0.717, 1.165) is 72.7 Å². The number of benzene rings is 3. The Morgan fingerprint density at radius 3 is 1.24 bits per heavy atom. The highest BCUT2D eigenvalue weighted by atomic mass is 16.5. The maximum Gasteiger partial charge on any atom is 0.330 e. The summed E-state index contributed by atoms with van der Waals surface area (Å²) in [5, 5.41) is 10.9. The molecule has 0 unspecified atom stereocenters. The number of pyridine rings is 4. The van der Waals surface area contributed by atoms with Crippen molar-refractivity contribution in [2.24, 2.45) is 0 Å². The molecule has 1 N–H and O–H groups in total. The topological polar surface area (TPSA) is 81.0 Å². The summed E-state index contributed by atoms with van der Waals surface area (Å²) in [5.74, 6) is 0. The van der Waals surface area contributed by atoms with Gasteiger partial charge in [0.05, 0.1) is 34.0 Å². The van der Waals surface area contributed by atoms with Gasteiger partial charge in [0.25, 0.3) is 0 Å². The summed E-state index contributed by atoms with van der Waals surface area (Å²) in [5.41, 5.74) is 13.1. The zero-order valence-electron chi connectivity index (χ0n) is 36.0. The van der Waals surface area contributed by atoms with Crippen molar-refractivity contribution in [2.75, 3.05) is 0 Å². The first-order chi connectivity index (χ1) is 27.9. The Hall–Kier alpha value is -5.76. The average molecular weight is 778 g/mol. The lowest BCUT2D eigenvalue weighted by Crippen LogP contribution is -2.49. The van der Waals surface area contributed by atoms with E-state index in [0.29, 0.717) is 0 Å². The zero-order valence-corrected chi connectivity index (χ0v) is 36.0. The van der Waals surface area contributed by atoms with Gasteiger partial charge in [0.2, 0.25) is 0 Å². The molecule has 0 saturated carbocycles. The third-order valence-electron chi connectivity index (χ3n) is 11.3. The van der Waals surface area contributed by atoms with Crippen molar-refractivity contribution in [1.29, 1.82) is 0 Å². The third-order valence-corrected chi connectivity index (χ3v) is 11.3. The maximum absolute atomic E-state index is 10.9. The SMILES string of the molecule is CC(C)(C)c1ccnc(-c2ccc(-c3ncccc3-c3cc([B]OC(C)(C)C(C)(C)O)cc(-c4cccnc4-c4ccc(-c5cc(C(C)(C)C)ccn5)cc4)c3)cc2)c1. The van der Waals surface area contributed by atoms with Gasteiger partial charge in [0.1, 0.15) is 0 Å². The third kappa shape index (κ3) is 9.28. The fraction of sp³-hybridized carbons (Fsp3) is 0.269. The quantitative estimate of drug-likeness (QED) is 0.139. The van der Waals surface area contributed by atoms with E-state index in [2.05, 4.69) is 145 Å². The molecule has 0 saturated heterocycles. The minimum Gasteiger partial charge on any atom is -0.427 e. The molecule has 0 aliphatic carbocycles. The minimum atomic E-state index is -1.08. The summed E-state index contributed by atoms with van der Waals surface area (Å²) in [7, 11) is 1.75. The molecule has 4 heterocycles. The standard InChI is InChI=1S/C52H54BN4O2/c1-49(2,3)40-23-27-54-45(32-40)34-15-19-36(20-16-34)47-43(13-11-25-56-47)38-29-39(31-42(30-38)53-59-52(9,10)51(7,8)58)44-14-12-26-57-48(44)37-21-17-35(18-22-37)46-33-41(24-28-55-46)50(4,5)6/h11-33,58H,1-10H3. The van der Waals surface area contributed by atoms with Crippen LogP contribution in [-0.4, -0.2) is 43.7 Å². The van der Waals surface area contributed by atoms with Crippen LogP contribution in [-0.2, 0) is 15.5 Å². The highest BCUT2D eigenvalue weighted by Gasteiger charge is 2.36. The smallest absolute Gasteiger partial charge is 0.330 e. The van der Waals surface area contributed by atoms with Crippen LogP contribution in [0.4, 0.5) is 0 Å². The number of aliphatic hydroxyl groups is 1. The predicted molar refractivity (Wildman–Crippen MR) is 244 cm³/mol. The van der Waals surface area contributed by atoms with Gasteiger partial charge in [-0.3, -0.25) is 19.9 Å². The van der Waals surface area contributed by atoms with Gasteiger partial charge in [0, 0.05) is 58.2 Å². The van der Waals surface area contributed by atoms with E-state index in [1.54, 1.807) is 21.3 Å². The van der Waals surface area contributed by atoms with Crippen molar-refractivity contribution in [3.05, 3.63) is 151 Å². The summed E-state index contributed by atoms with van der Waals surface area (Å²) in [6.07, 6.45) is 7.46. The lowest BCUT2D eigenvalue weighted by atomic mass is 9.79. The molecule has 0 amide bonds. The summed E-state index contributed by atoms with van der Waals surface area (Å²) >= 11 is 0. The number of aromatic nitrogens is 4. The van der Waals surface area contributed by atoms with Gasteiger partial charge >= 0.3 is 7.48 Å². The van der Waals surface area contributed by atoms with Crippen LogP contribution in [0.3, 0.4) is 0 Å². The monoisotopic (exact) mass is 777 g/mol. The summed E-state index contributed by atoms with van der Waals surface area (Å²) in [6, 6.07) is 40.1. The van der Waals surface area contributed by atoms with Gasteiger partial charge < -0.3 is 9.76 Å². The Balaban J connectivity index is 1.29. The number of hydrogen-bond acceptors (Lipinski definition) is 6. The largest absolute Gasteiger partial charge is 0.427 e. The van der Waals surface area contributed by atoms with Crippen molar-refractivity contribution in [3.63, 3.8) is 0 Å². The summed E-state index contributed by atoms with van der Waals surface area (Å²) in [4.78, 5) is 19.3. The Labute approximate surface area is 351 Å². The Bertz CT molecular complexity index is 2420. The van der Waals surface area contributed by atoms with Crippen LogP contribution in [0.1, 0.15) is 80.4 Å². The van der Waals surface area contributed by atoms with Crippen LogP contribution in [0.5, 0.6) is 0 Å². The second kappa shape index (κ2) is 16.1. The highest BCUT2D eigenvalue weighted by Crippen LogP contribution is 2.37. The molecule has 0 aliphatic rings. The highest BCUT2D eigenvalue weighted by molar-refractivity contribution is 6.47. The van der Waals surface area contributed by atoms with Crippen molar-refractivity contribution >= 4 is 12.9 Å². The molecular formula is C52H54BN4O2. The normalized spacial score (nSPS) is 12.4. The Morgan fingerprint density at radius 1 is 0.441 bits per heavy atom. The molecule has 0 bridgehead atoms. The molecule has 1 radical (unpaired) electrons. The molecule has 6 nitrogen and oxygen atoms in total. The van der Waals surface area contributed by atoms with E-state index < -0.39 is 11.2 Å². The molecule has 0 spiro atoms. The van der Waals surface area contributed by atoms with E-state index >= 15 is 0 Å². The van der Waals surface area contributed by atoms with E-state index in [-0.39, 0.29) is 10.8 Å². The van der Waals surface area contributed by atoms with Gasteiger partial charge in [0.15, 0.2) is 0 Å². The van der Waals surface area contributed by atoms with Crippen LogP contribution in [0, 0.1) is 0 Å². The first-order valence-corrected chi connectivity index (χ1v) is 20.3. The fourth-order valence-electron chi connectivity index (χ4n) is 6.83. The van der Waals surface area contributed by atoms with Gasteiger partial charge in [-0.05, 0) is 103 Å². The van der Waals surface area contributed by atoms with E-state index in [4.69, 9.17) is 24.6 Å². The van der Waals surface area contributed by atoms with Gasteiger partial charge in [-0.2, -0.15) is 0 Å². The molecule has 7 aromatic rings. The van der Waals surface area contributed by atoms with Crippen LogP contribution in [0.2, 0.25) is 0 Å². The van der Waals surface area contributed by atoms with Crippen molar-refractivity contribution in [2.45, 2.75) is 91.3 Å². The second-order valence-electron chi connectivity index (χ2n) is 18.5. The van der Waals surface area contributed by atoms with E-state index in [1.165, 1.54) is 11.1 Å². The van der Waals surface area contributed by atoms with Crippen LogP contribution >= 0.6 is 0 Å². The molecule has 0 fully saturated rings. The van der Waals surface area contributed by atoms with Crippen LogP contribution in [0.25, 0.3) is 67.3 Å². The maximum atomic E-state index is 10.9. The van der Waals surface area contributed by atoms with E-state index in [1.807, 2.05) is 50.8 Å². The lowest BCUT2D eigenvalue weighted by Gasteiger charge is -2.37. The molecule has 0 atom stereocenters. The number of hydrogen-bond donors (Lipinski definition) is 1. The van der Waals surface area contributed by atoms with E-state index in [9.17, 15) is 5.11 Å². The molecule has 0 aliphatic heterocycles. The van der Waals surface area contributed by atoms with Crippen LogP contribution in [0.15, 0.2) is 140 Å². The number of rotatable bonds is 10. The molecule has 297 valence electrons. The van der Waals surface area contributed by atoms with Crippen LogP contribution < -0.4 is 5.46 Å². The average Bonchev–Trinajstić information content (AvgIpc) is 3.22. The molecule has 4 aromatic heterocycles. The minimum absolute atomic E-state index is 0.0262. The fourth-order valence-corrected chi connectivity index (χ4v) is 6.83. The lowest BCUT2D eigenvalue weighted by molar-refractivity contribution is -0.0893. The van der Waals surface area contributed by atoms with Gasteiger partial charge in [-0.1, -0.05) is 120 Å². The molecule has 7 heteroatoms. The second-order valence-corrected chi connectivity index (χ2v) is 18.5. The van der Waals surface area contributed by atoms with Crippen molar-refractivity contribution in [1.82, 2.24) is 19.9 Å². The van der Waals surface area contributed by atoms with Gasteiger partial charge in [-0.25, -0.2) is 0 Å². The first-order valence-electron chi connectivity index (χ1n) is 20.3.